The van der Waals surface area contributed by atoms with Crippen LogP contribution in [0.1, 0.15) is 33.6 Å². The van der Waals surface area contributed by atoms with Crippen molar-refractivity contribution in [1.29, 1.82) is 0 Å². The first kappa shape index (κ1) is 15.2. The highest BCUT2D eigenvalue weighted by Crippen LogP contribution is 2.79. The molecule has 0 aliphatic heterocycles. The molecule has 120 valence electrons. The zero-order valence-corrected chi connectivity index (χ0v) is 15.4. The molecule has 3 aliphatic rings. The molecule has 0 unspecified atom stereocenters. The predicted molar refractivity (Wildman–Crippen MR) is 98.8 cm³/mol. The molecule has 5 rings (SSSR count). The fraction of sp³-hybridized carbons (Fsp3) is 0.450. The molecule has 2 aromatic carbocycles. The van der Waals surface area contributed by atoms with Crippen molar-refractivity contribution in [3.8, 4) is 0 Å². The molecule has 0 spiro atoms. The number of fused-ring (bicyclic) bond motifs is 2. The zero-order chi connectivity index (χ0) is 16.5. The summed E-state index contributed by atoms with van der Waals surface area (Å²) >= 11 is 3.85. The van der Waals surface area contributed by atoms with Gasteiger partial charge in [0.05, 0.1) is 5.41 Å². The van der Waals surface area contributed by atoms with Crippen molar-refractivity contribution >= 4 is 38.3 Å². The molecule has 3 fully saturated rings. The average molecular weight is 372 g/mol. The molecule has 3 saturated carbocycles. The van der Waals surface area contributed by atoms with Gasteiger partial charge in [0.1, 0.15) is 0 Å². The zero-order valence-electron chi connectivity index (χ0n) is 13.8. The first-order valence-corrected chi connectivity index (χ1v) is 9.19. The van der Waals surface area contributed by atoms with Gasteiger partial charge >= 0.3 is 0 Å². The van der Waals surface area contributed by atoms with Crippen LogP contribution in [0.25, 0.3) is 10.8 Å². The van der Waals surface area contributed by atoms with Gasteiger partial charge in [-0.3, -0.25) is 4.79 Å². The lowest BCUT2D eigenvalue weighted by atomic mass is 9.43. The lowest BCUT2D eigenvalue weighted by molar-refractivity contribution is -0.155. The Bertz CT molecular complexity index is 809. The summed E-state index contributed by atoms with van der Waals surface area (Å²) in [7, 11) is 0. The lowest BCUT2D eigenvalue weighted by Crippen LogP contribution is -2.68. The largest absolute Gasteiger partial charge is 0.325 e. The van der Waals surface area contributed by atoms with E-state index in [4.69, 9.17) is 0 Å². The van der Waals surface area contributed by atoms with E-state index in [-0.39, 0.29) is 27.0 Å². The summed E-state index contributed by atoms with van der Waals surface area (Å²) in [6.07, 6.45) is 2.07. The minimum atomic E-state index is -0.307. The standard InChI is InChI=1S/C20H22BrNO/c1-18(2)19(3)11-12-20(18,16(19)21)17(23)22-15-10-6-8-13-7-4-5-9-14(13)15/h4-10,16H,11-12H2,1-3H3,(H,22,23)/t16-,19+,20-/m1/s1. The second kappa shape index (κ2) is 4.60. The number of hydrogen-bond acceptors (Lipinski definition) is 1. The Morgan fingerprint density at radius 3 is 2.43 bits per heavy atom. The molecule has 0 saturated heterocycles. The number of halogens is 1. The average Bonchev–Trinajstić information content (AvgIpc) is 2.95. The minimum absolute atomic E-state index is 0.0167. The van der Waals surface area contributed by atoms with Gasteiger partial charge in [0.15, 0.2) is 0 Å². The van der Waals surface area contributed by atoms with Gasteiger partial charge in [-0.05, 0) is 35.1 Å². The Morgan fingerprint density at radius 2 is 1.78 bits per heavy atom. The van der Waals surface area contributed by atoms with Crippen molar-refractivity contribution in [2.24, 2.45) is 16.2 Å². The SMILES string of the molecule is CC1(C)[C@@]2(C)CC[C@]1(C(=O)Nc1cccc3ccccc13)[C@@H]2Br. The summed E-state index contributed by atoms with van der Waals surface area (Å²) < 4.78 is 0. The highest BCUT2D eigenvalue weighted by atomic mass is 79.9. The van der Waals surface area contributed by atoms with Crippen LogP contribution in [0.3, 0.4) is 0 Å². The minimum Gasteiger partial charge on any atom is -0.325 e. The summed E-state index contributed by atoms with van der Waals surface area (Å²) in [4.78, 5) is 13.5. The number of nitrogens with one attached hydrogen (secondary N) is 1. The van der Waals surface area contributed by atoms with Crippen molar-refractivity contribution in [1.82, 2.24) is 0 Å². The maximum Gasteiger partial charge on any atom is 0.232 e. The summed E-state index contributed by atoms with van der Waals surface area (Å²) in [5.74, 6) is 0.163. The molecule has 1 N–H and O–H groups in total. The van der Waals surface area contributed by atoms with E-state index in [9.17, 15) is 4.79 Å². The van der Waals surface area contributed by atoms with Gasteiger partial charge in [-0.15, -0.1) is 0 Å². The predicted octanol–water partition coefficient (Wildman–Crippen LogP) is 5.37. The van der Waals surface area contributed by atoms with Crippen molar-refractivity contribution in [2.45, 2.75) is 38.4 Å². The van der Waals surface area contributed by atoms with Crippen LogP contribution in [-0.2, 0) is 4.79 Å². The molecule has 23 heavy (non-hydrogen) atoms. The molecule has 3 heteroatoms. The Kier molecular flexibility index (Phi) is 3.04. The van der Waals surface area contributed by atoms with E-state index in [1.54, 1.807) is 0 Å². The van der Waals surface area contributed by atoms with Crippen LogP contribution in [-0.4, -0.2) is 10.7 Å². The third kappa shape index (κ3) is 1.62. The number of carbonyl (C=O) groups is 1. The number of benzene rings is 2. The quantitative estimate of drug-likeness (QED) is 0.706. The molecule has 3 atom stereocenters. The molecule has 1 amide bonds. The topological polar surface area (TPSA) is 29.1 Å². The number of hydrogen-bond donors (Lipinski definition) is 1. The highest BCUT2D eigenvalue weighted by Gasteiger charge is 2.80. The van der Waals surface area contributed by atoms with Crippen LogP contribution in [0, 0.1) is 16.2 Å². The van der Waals surface area contributed by atoms with E-state index < -0.39 is 0 Å². The Balaban J connectivity index is 1.71. The molecule has 2 bridgehead atoms. The van der Waals surface area contributed by atoms with E-state index in [0.29, 0.717) is 0 Å². The highest BCUT2D eigenvalue weighted by molar-refractivity contribution is 9.09. The molecule has 0 heterocycles. The van der Waals surface area contributed by atoms with E-state index in [1.807, 2.05) is 24.3 Å². The van der Waals surface area contributed by atoms with Gasteiger partial charge in [-0.25, -0.2) is 0 Å². The summed E-state index contributed by atoms with van der Waals surface area (Å²) in [6.45, 7) is 6.81. The molecular weight excluding hydrogens is 350 g/mol. The fourth-order valence-corrected chi connectivity index (χ4v) is 6.84. The van der Waals surface area contributed by atoms with Gasteiger partial charge < -0.3 is 5.32 Å². The van der Waals surface area contributed by atoms with Crippen LogP contribution < -0.4 is 5.32 Å². The van der Waals surface area contributed by atoms with Crippen molar-refractivity contribution in [2.75, 3.05) is 5.32 Å². The van der Waals surface area contributed by atoms with E-state index in [0.717, 1.165) is 29.3 Å². The van der Waals surface area contributed by atoms with Crippen LogP contribution in [0.4, 0.5) is 5.69 Å². The van der Waals surface area contributed by atoms with Crippen molar-refractivity contribution < 1.29 is 4.79 Å². The first-order chi connectivity index (χ1) is 10.8. The van der Waals surface area contributed by atoms with Crippen LogP contribution in [0.5, 0.6) is 0 Å². The molecule has 2 nitrogen and oxygen atoms in total. The van der Waals surface area contributed by atoms with E-state index in [1.165, 1.54) is 0 Å². The smallest absolute Gasteiger partial charge is 0.232 e. The number of rotatable bonds is 2. The second-order valence-electron chi connectivity index (χ2n) is 7.86. The number of alkyl halides is 1. The van der Waals surface area contributed by atoms with Crippen LogP contribution in [0.2, 0.25) is 0 Å². The van der Waals surface area contributed by atoms with Crippen LogP contribution in [0.15, 0.2) is 42.5 Å². The van der Waals surface area contributed by atoms with E-state index in [2.05, 4.69) is 60.2 Å². The molecule has 3 aliphatic carbocycles. The second-order valence-corrected chi connectivity index (χ2v) is 8.77. The van der Waals surface area contributed by atoms with E-state index >= 15 is 0 Å². The van der Waals surface area contributed by atoms with Gasteiger partial charge in [0.25, 0.3) is 0 Å². The number of amides is 1. The summed E-state index contributed by atoms with van der Waals surface area (Å²) in [5.41, 5.74) is 0.837. The molecule has 0 aromatic heterocycles. The number of carbonyl (C=O) groups excluding carboxylic acids is 1. The van der Waals surface area contributed by atoms with Gasteiger partial charge in [-0.1, -0.05) is 73.1 Å². The van der Waals surface area contributed by atoms with Crippen molar-refractivity contribution in [3.63, 3.8) is 0 Å². The van der Waals surface area contributed by atoms with Gasteiger partial charge in [-0.2, -0.15) is 0 Å². The van der Waals surface area contributed by atoms with Crippen LogP contribution >= 0.6 is 15.9 Å². The third-order valence-electron chi connectivity index (χ3n) is 7.02. The van der Waals surface area contributed by atoms with Crippen molar-refractivity contribution in [3.05, 3.63) is 42.5 Å². The normalized spacial score (nSPS) is 34.2. The first-order valence-electron chi connectivity index (χ1n) is 8.28. The Morgan fingerprint density at radius 1 is 1.09 bits per heavy atom. The number of anilines is 1. The monoisotopic (exact) mass is 371 g/mol. The Hall–Kier alpha value is -1.35. The molecule has 2 aromatic rings. The maximum absolute atomic E-state index is 13.2. The lowest BCUT2D eigenvalue weighted by Gasteiger charge is -2.64. The van der Waals surface area contributed by atoms with Gasteiger partial charge in [0.2, 0.25) is 5.91 Å². The molecular formula is C20H22BrNO. The fourth-order valence-electron chi connectivity index (χ4n) is 5.03. The molecule has 0 radical (unpaired) electrons. The summed E-state index contributed by atoms with van der Waals surface area (Å²) in [5, 5.41) is 5.50. The van der Waals surface area contributed by atoms with Gasteiger partial charge in [0, 0.05) is 15.9 Å². The maximum atomic E-state index is 13.2. The Labute approximate surface area is 145 Å². The third-order valence-corrected chi connectivity index (χ3v) is 8.81. The summed E-state index contributed by atoms with van der Waals surface area (Å²) in [6, 6.07) is 14.3.